The summed E-state index contributed by atoms with van der Waals surface area (Å²) in [7, 11) is 0. The second-order valence-electron chi connectivity index (χ2n) is 4.98. The van der Waals surface area contributed by atoms with Crippen molar-refractivity contribution < 1.29 is 0 Å². The van der Waals surface area contributed by atoms with Crippen LogP contribution in [0.5, 0.6) is 0 Å². The largest absolute Gasteiger partial charge is 0.370 e. The third kappa shape index (κ3) is 11.9. The molecule has 0 aromatic rings. The van der Waals surface area contributed by atoms with Crippen LogP contribution in [0.25, 0.3) is 0 Å². The van der Waals surface area contributed by atoms with E-state index >= 15 is 0 Å². The lowest BCUT2D eigenvalue weighted by Crippen LogP contribution is -2.38. The van der Waals surface area contributed by atoms with E-state index in [0.29, 0.717) is 12.0 Å². The van der Waals surface area contributed by atoms with Gasteiger partial charge in [0.05, 0.1) is 0 Å². The number of guanidine groups is 1. The van der Waals surface area contributed by atoms with Gasteiger partial charge < -0.3 is 11.1 Å². The SMILES string of the molecule is CSCCCN=C(N)NC(C)CCCC(C)C. The van der Waals surface area contributed by atoms with Gasteiger partial charge in [-0.2, -0.15) is 11.8 Å². The molecule has 4 heteroatoms. The monoisotopic (exact) mass is 259 g/mol. The van der Waals surface area contributed by atoms with Gasteiger partial charge in [0.25, 0.3) is 0 Å². The first kappa shape index (κ1) is 16.6. The van der Waals surface area contributed by atoms with E-state index in [4.69, 9.17) is 5.73 Å². The molecule has 0 aliphatic heterocycles. The predicted molar refractivity (Wildman–Crippen MR) is 80.8 cm³/mol. The van der Waals surface area contributed by atoms with E-state index in [2.05, 4.69) is 37.3 Å². The normalized spacial score (nSPS) is 14.1. The first-order valence-electron chi connectivity index (χ1n) is 6.61. The molecule has 0 saturated carbocycles. The van der Waals surface area contributed by atoms with E-state index < -0.39 is 0 Å². The number of hydrogen-bond acceptors (Lipinski definition) is 2. The van der Waals surface area contributed by atoms with E-state index in [9.17, 15) is 0 Å². The lowest BCUT2D eigenvalue weighted by atomic mass is 10.0. The van der Waals surface area contributed by atoms with Crippen LogP contribution in [0.1, 0.15) is 46.5 Å². The minimum Gasteiger partial charge on any atom is -0.370 e. The van der Waals surface area contributed by atoms with Crippen LogP contribution in [0.2, 0.25) is 0 Å². The molecule has 102 valence electrons. The molecule has 0 aliphatic carbocycles. The van der Waals surface area contributed by atoms with E-state index in [-0.39, 0.29) is 0 Å². The Kier molecular flexibility index (Phi) is 10.5. The molecule has 3 N–H and O–H groups in total. The summed E-state index contributed by atoms with van der Waals surface area (Å²) in [5, 5.41) is 3.25. The maximum atomic E-state index is 5.82. The smallest absolute Gasteiger partial charge is 0.188 e. The third-order valence-electron chi connectivity index (χ3n) is 2.60. The highest BCUT2D eigenvalue weighted by molar-refractivity contribution is 7.98. The molecule has 0 saturated heterocycles. The van der Waals surface area contributed by atoms with Crippen molar-refractivity contribution in [3.8, 4) is 0 Å². The second kappa shape index (κ2) is 10.8. The van der Waals surface area contributed by atoms with E-state index in [0.717, 1.165) is 24.6 Å². The highest BCUT2D eigenvalue weighted by Crippen LogP contribution is 2.07. The van der Waals surface area contributed by atoms with Crippen molar-refractivity contribution in [3.05, 3.63) is 0 Å². The number of nitrogens with two attached hydrogens (primary N) is 1. The van der Waals surface area contributed by atoms with Gasteiger partial charge in [0.1, 0.15) is 0 Å². The fraction of sp³-hybridized carbons (Fsp3) is 0.923. The number of hydrogen-bond donors (Lipinski definition) is 2. The van der Waals surface area contributed by atoms with Gasteiger partial charge >= 0.3 is 0 Å². The molecule has 1 atom stereocenters. The molecular weight excluding hydrogens is 230 g/mol. The van der Waals surface area contributed by atoms with Gasteiger partial charge in [0.15, 0.2) is 5.96 Å². The Morgan fingerprint density at radius 3 is 2.53 bits per heavy atom. The standard InChI is InChI=1S/C13H29N3S/c1-11(2)7-5-8-12(3)16-13(14)15-9-6-10-17-4/h11-12H,5-10H2,1-4H3,(H3,14,15,16). The van der Waals surface area contributed by atoms with E-state index in [1.165, 1.54) is 19.3 Å². The van der Waals surface area contributed by atoms with Gasteiger partial charge in [0, 0.05) is 12.6 Å². The van der Waals surface area contributed by atoms with Crippen LogP contribution in [0.4, 0.5) is 0 Å². The highest BCUT2D eigenvalue weighted by atomic mass is 32.2. The molecule has 0 radical (unpaired) electrons. The van der Waals surface area contributed by atoms with Crippen molar-refractivity contribution in [1.29, 1.82) is 0 Å². The van der Waals surface area contributed by atoms with Crippen molar-refractivity contribution in [2.24, 2.45) is 16.6 Å². The van der Waals surface area contributed by atoms with Gasteiger partial charge in [-0.3, -0.25) is 4.99 Å². The van der Waals surface area contributed by atoms with Crippen LogP contribution in [-0.2, 0) is 0 Å². The number of nitrogens with zero attached hydrogens (tertiary/aromatic N) is 1. The van der Waals surface area contributed by atoms with Crippen molar-refractivity contribution >= 4 is 17.7 Å². The third-order valence-corrected chi connectivity index (χ3v) is 3.30. The van der Waals surface area contributed by atoms with Crippen molar-refractivity contribution in [1.82, 2.24) is 5.32 Å². The Morgan fingerprint density at radius 1 is 1.24 bits per heavy atom. The number of thioether (sulfide) groups is 1. The van der Waals surface area contributed by atoms with Crippen LogP contribution in [0.15, 0.2) is 4.99 Å². The summed E-state index contributed by atoms with van der Waals surface area (Å²) in [6.45, 7) is 7.53. The minimum absolute atomic E-state index is 0.429. The van der Waals surface area contributed by atoms with Crippen molar-refractivity contribution in [3.63, 3.8) is 0 Å². The summed E-state index contributed by atoms with van der Waals surface area (Å²) in [6, 6.07) is 0.429. The average Bonchev–Trinajstić information content (AvgIpc) is 2.23. The molecule has 17 heavy (non-hydrogen) atoms. The Balaban J connectivity index is 3.60. The topological polar surface area (TPSA) is 50.4 Å². The van der Waals surface area contributed by atoms with Gasteiger partial charge in [-0.15, -0.1) is 0 Å². The minimum atomic E-state index is 0.429. The van der Waals surface area contributed by atoms with E-state index in [1.54, 1.807) is 0 Å². The van der Waals surface area contributed by atoms with Crippen LogP contribution < -0.4 is 11.1 Å². The predicted octanol–water partition coefficient (Wildman–Crippen LogP) is 2.86. The molecule has 0 fully saturated rings. The van der Waals surface area contributed by atoms with Crippen molar-refractivity contribution in [2.45, 2.75) is 52.5 Å². The Hall–Kier alpha value is -0.380. The first-order valence-corrected chi connectivity index (χ1v) is 8.01. The number of rotatable bonds is 9. The van der Waals surface area contributed by atoms with Crippen LogP contribution in [0, 0.1) is 5.92 Å². The Labute approximate surface area is 111 Å². The summed E-state index contributed by atoms with van der Waals surface area (Å²) in [4.78, 5) is 4.31. The van der Waals surface area contributed by atoms with Gasteiger partial charge in [-0.05, 0) is 37.7 Å². The average molecular weight is 259 g/mol. The molecule has 3 nitrogen and oxygen atoms in total. The number of aliphatic imine (C=N–C) groups is 1. The van der Waals surface area contributed by atoms with Crippen LogP contribution in [0.3, 0.4) is 0 Å². The molecule has 0 heterocycles. The summed E-state index contributed by atoms with van der Waals surface area (Å²) < 4.78 is 0. The number of nitrogens with one attached hydrogen (secondary N) is 1. The molecule has 1 unspecified atom stereocenters. The zero-order valence-electron chi connectivity index (χ0n) is 11.8. The lowest BCUT2D eigenvalue weighted by molar-refractivity contribution is 0.493. The quantitative estimate of drug-likeness (QED) is 0.380. The molecule has 0 spiro atoms. The maximum absolute atomic E-state index is 5.82. The Bertz CT molecular complexity index is 205. The van der Waals surface area contributed by atoms with E-state index in [1.807, 2.05) is 11.8 Å². The zero-order valence-corrected chi connectivity index (χ0v) is 12.6. The zero-order chi connectivity index (χ0) is 13.1. The molecule has 0 aromatic heterocycles. The van der Waals surface area contributed by atoms with Crippen LogP contribution >= 0.6 is 11.8 Å². The second-order valence-corrected chi connectivity index (χ2v) is 5.97. The first-order chi connectivity index (χ1) is 8.06. The molecule has 0 aliphatic rings. The molecule has 0 aromatic carbocycles. The van der Waals surface area contributed by atoms with Gasteiger partial charge in [-0.25, -0.2) is 0 Å². The molecular formula is C13H29N3S. The highest BCUT2D eigenvalue weighted by Gasteiger charge is 2.03. The summed E-state index contributed by atoms with van der Waals surface area (Å²) in [5.74, 6) is 2.55. The molecule has 0 bridgehead atoms. The molecule has 0 amide bonds. The lowest BCUT2D eigenvalue weighted by Gasteiger charge is -2.15. The Morgan fingerprint density at radius 2 is 1.94 bits per heavy atom. The summed E-state index contributed by atoms with van der Waals surface area (Å²) >= 11 is 1.85. The maximum Gasteiger partial charge on any atom is 0.188 e. The molecule has 0 rings (SSSR count). The van der Waals surface area contributed by atoms with Gasteiger partial charge in [-0.1, -0.05) is 26.7 Å². The fourth-order valence-electron chi connectivity index (χ4n) is 1.61. The summed E-state index contributed by atoms with van der Waals surface area (Å²) in [5.41, 5.74) is 5.82. The van der Waals surface area contributed by atoms with Crippen molar-refractivity contribution in [2.75, 3.05) is 18.6 Å². The summed E-state index contributed by atoms with van der Waals surface area (Å²) in [6.07, 6.45) is 6.93. The van der Waals surface area contributed by atoms with Crippen LogP contribution in [-0.4, -0.2) is 30.6 Å². The van der Waals surface area contributed by atoms with Gasteiger partial charge in [0.2, 0.25) is 0 Å². The fourth-order valence-corrected chi connectivity index (χ4v) is 2.03.